The third kappa shape index (κ3) is 5.67. The first-order valence-corrected chi connectivity index (χ1v) is 5.53. The number of rotatable bonds is 2. The molecule has 0 aliphatic rings. The van der Waals surface area contributed by atoms with E-state index < -0.39 is 11.1 Å². The van der Waals surface area contributed by atoms with E-state index in [1.54, 1.807) is 0 Å². The first-order chi connectivity index (χ1) is 6.95. The fourth-order valence-electron chi connectivity index (χ4n) is 0.574. The van der Waals surface area contributed by atoms with Crippen LogP contribution < -0.4 is 4.74 Å². The number of thiophene rings is 1. The summed E-state index contributed by atoms with van der Waals surface area (Å²) >= 11 is 0.631. The van der Waals surface area contributed by atoms with Crippen molar-refractivity contribution < 1.29 is 17.9 Å². The van der Waals surface area contributed by atoms with Crippen LogP contribution in [0.4, 0.5) is 13.2 Å². The summed E-state index contributed by atoms with van der Waals surface area (Å²) < 4.78 is 40.3. The van der Waals surface area contributed by atoms with Gasteiger partial charge in [-0.25, -0.2) is 0 Å². The van der Waals surface area contributed by atoms with Crippen LogP contribution in [0.5, 0.6) is 5.75 Å². The second kappa shape index (κ2) is 6.71. The molecule has 0 N–H and O–H groups in total. The Morgan fingerprint density at radius 1 is 1.27 bits per heavy atom. The zero-order valence-corrected chi connectivity index (χ0v) is 9.84. The van der Waals surface area contributed by atoms with Gasteiger partial charge in [0, 0.05) is 11.4 Å². The standard InChI is InChI=1S/C6H5F3OS.C4H10/c1-10-4-2-5(11-3-4)6(7,8)9;1-3-4-2/h2-3H,1H3;3-4H2,1-2H3. The molecule has 1 aromatic heterocycles. The Kier molecular flexibility index (Phi) is 6.40. The van der Waals surface area contributed by atoms with E-state index in [2.05, 4.69) is 18.6 Å². The van der Waals surface area contributed by atoms with Crippen molar-refractivity contribution in [1.29, 1.82) is 0 Å². The van der Waals surface area contributed by atoms with Gasteiger partial charge in [0.05, 0.1) is 7.11 Å². The number of hydrogen-bond acceptors (Lipinski definition) is 2. The zero-order chi connectivity index (χ0) is 11.9. The smallest absolute Gasteiger partial charge is 0.425 e. The average Bonchev–Trinajstić information content (AvgIpc) is 2.66. The number of hydrogen-bond donors (Lipinski definition) is 0. The van der Waals surface area contributed by atoms with Crippen LogP contribution in [0.2, 0.25) is 0 Å². The van der Waals surface area contributed by atoms with Crippen molar-refractivity contribution >= 4 is 11.3 Å². The SMILES string of the molecule is CCCC.COc1csc(C(F)(F)F)c1. The molecule has 15 heavy (non-hydrogen) atoms. The highest BCUT2D eigenvalue weighted by atomic mass is 32.1. The Hall–Kier alpha value is -0.710. The van der Waals surface area contributed by atoms with Crippen LogP contribution in [0, 0.1) is 0 Å². The Labute approximate surface area is 91.9 Å². The van der Waals surface area contributed by atoms with E-state index in [1.165, 1.54) is 25.3 Å². The predicted octanol–water partition coefficient (Wildman–Crippen LogP) is 4.58. The number of halogens is 3. The van der Waals surface area contributed by atoms with Gasteiger partial charge in [-0.3, -0.25) is 0 Å². The van der Waals surface area contributed by atoms with Gasteiger partial charge >= 0.3 is 6.18 Å². The molecule has 0 spiro atoms. The molecule has 0 atom stereocenters. The summed E-state index contributed by atoms with van der Waals surface area (Å²) in [5.74, 6) is 0.252. The predicted molar refractivity (Wildman–Crippen MR) is 56.5 cm³/mol. The van der Waals surface area contributed by atoms with Gasteiger partial charge in [0.25, 0.3) is 0 Å². The van der Waals surface area contributed by atoms with E-state index in [9.17, 15) is 13.2 Å². The molecule has 1 aromatic rings. The molecule has 0 aromatic carbocycles. The quantitative estimate of drug-likeness (QED) is 0.735. The molecule has 0 bridgehead atoms. The summed E-state index contributed by atoms with van der Waals surface area (Å²) in [6.45, 7) is 4.36. The summed E-state index contributed by atoms with van der Waals surface area (Å²) in [7, 11) is 1.34. The highest BCUT2D eigenvalue weighted by Gasteiger charge is 2.32. The monoisotopic (exact) mass is 240 g/mol. The molecule has 0 unspecified atom stereocenters. The minimum atomic E-state index is -4.25. The number of alkyl halides is 3. The van der Waals surface area contributed by atoms with Gasteiger partial charge in [0.15, 0.2) is 0 Å². The van der Waals surface area contributed by atoms with Crippen LogP contribution in [0.1, 0.15) is 31.6 Å². The second-order valence-corrected chi connectivity index (χ2v) is 3.76. The molecular formula is C10H15F3OS. The van der Waals surface area contributed by atoms with E-state index in [0.29, 0.717) is 11.3 Å². The fraction of sp³-hybridized carbons (Fsp3) is 0.600. The lowest BCUT2D eigenvalue weighted by Gasteiger charge is -1.99. The molecule has 0 aliphatic heterocycles. The second-order valence-electron chi connectivity index (χ2n) is 2.85. The van der Waals surface area contributed by atoms with Crippen LogP contribution in [0.3, 0.4) is 0 Å². The van der Waals surface area contributed by atoms with Crippen LogP contribution >= 0.6 is 11.3 Å². The number of ether oxygens (including phenoxy) is 1. The maximum Gasteiger partial charge on any atom is 0.425 e. The number of methoxy groups -OCH3 is 1. The summed E-state index contributed by atoms with van der Waals surface area (Å²) in [5.41, 5.74) is 0. The largest absolute Gasteiger partial charge is 0.496 e. The van der Waals surface area contributed by atoms with Gasteiger partial charge in [0.1, 0.15) is 10.6 Å². The molecule has 5 heteroatoms. The van der Waals surface area contributed by atoms with E-state index in [4.69, 9.17) is 0 Å². The molecule has 0 aliphatic carbocycles. The van der Waals surface area contributed by atoms with Gasteiger partial charge in [-0.2, -0.15) is 13.2 Å². The van der Waals surface area contributed by atoms with Crippen LogP contribution in [0.15, 0.2) is 11.4 Å². The average molecular weight is 240 g/mol. The molecule has 0 radical (unpaired) electrons. The van der Waals surface area contributed by atoms with Crippen LogP contribution in [0.25, 0.3) is 0 Å². The summed E-state index contributed by atoms with van der Waals surface area (Å²) in [5, 5.41) is 1.32. The van der Waals surface area contributed by atoms with Crippen molar-refractivity contribution in [3.8, 4) is 5.75 Å². The van der Waals surface area contributed by atoms with E-state index in [1.807, 2.05) is 0 Å². The van der Waals surface area contributed by atoms with Crippen molar-refractivity contribution in [2.75, 3.05) is 7.11 Å². The van der Waals surface area contributed by atoms with Crippen molar-refractivity contribution in [3.63, 3.8) is 0 Å². The van der Waals surface area contributed by atoms with Crippen molar-refractivity contribution in [2.24, 2.45) is 0 Å². The lowest BCUT2D eigenvalue weighted by atomic mass is 10.4. The Morgan fingerprint density at radius 3 is 2.00 bits per heavy atom. The maximum atomic E-state index is 11.9. The minimum Gasteiger partial charge on any atom is -0.496 e. The molecule has 1 heterocycles. The third-order valence-corrected chi connectivity index (χ3v) is 2.54. The van der Waals surface area contributed by atoms with Crippen LogP contribution in [-0.4, -0.2) is 7.11 Å². The maximum absolute atomic E-state index is 11.9. The first kappa shape index (κ1) is 14.3. The van der Waals surface area contributed by atoms with E-state index in [0.717, 1.165) is 6.07 Å². The van der Waals surface area contributed by atoms with Gasteiger partial charge in [-0.1, -0.05) is 26.7 Å². The molecular weight excluding hydrogens is 225 g/mol. The summed E-state index contributed by atoms with van der Waals surface area (Å²) in [4.78, 5) is -0.630. The molecule has 1 rings (SSSR count). The molecule has 0 fully saturated rings. The molecule has 0 saturated heterocycles. The van der Waals surface area contributed by atoms with Gasteiger partial charge in [-0.05, 0) is 0 Å². The highest BCUT2D eigenvalue weighted by Crippen LogP contribution is 2.36. The Bertz CT molecular complexity index is 266. The molecule has 1 nitrogen and oxygen atoms in total. The van der Waals surface area contributed by atoms with Crippen molar-refractivity contribution in [1.82, 2.24) is 0 Å². The van der Waals surface area contributed by atoms with Crippen molar-refractivity contribution in [2.45, 2.75) is 32.9 Å². The lowest BCUT2D eigenvalue weighted by molar-refractivity contribution is -0.134. The zero-order valence-electron chi connectivity index (χ0n) is 9.02. The number of unbranched alkanes of at least 4 members (excludes halogenated alkanes) is 1. The normalized spacial score (nSPS) is 10.5. The Balaban J connectivity index is 0.000000423. The van der Waals surface area contributed by atoms with Crippen molar-refractivity contribution in [3.05, 3.63) is 16.3 Å². The van der Waals surface area contributed by atoms with Crippen LogP contribution in [-0.2, 0) is 6.18 Å². The molecule has 88 valence electrons. The van der Waals surface area contributed by atoms with Gasteiger partial charge in [-0.15, -0.1) is 11.3 Å². The van der Waals surface area contributed by atoms with Gasteiger partial charge in [0.2, 0.25) is 0 Å². The first-order valence-electron chi connectivity index (χ1n) is 4.65. The van der Waals surface area contributed by atoms with Gasteiger partial charge < -0.3 is 4.74 Å². The summed E-state index contributed by atoms with van der Waals surface area (Å²) in [6.07, 6.45) is -1.61. The minimum absolute atomic E-state index is 0.252. The Morgan fingerprint density at radius 2 is 1.80 bits per heavy atom. The molecule has 0 amide bonds. The van der Waals surface area contributed by atoms with E-state index in [-0.39, 0.29) is 5.75 Å². The molecule has 0 saturated carbocycles. The summed E-state index contributed by atoms with van der Waals surface area (Å²) in [6, 6.07) is 0.977. The highest BCUT2D eigenvalue weighted by molar-refractivity contribution is 7.10. The lowest BCUT2D eigenvalue weighted by Crippen LogP contribution is -2.00. The van der Waals surface area contributed by atoms with E-state index >= 15 is 0 Å². The third-order valence-electron chi connectivity index (χ3n) is 1.59. The fourth-order valence-corrected chi connectivity index (χ4v) is 1.30. The topological polar surface area (TPSA) is 9.23 Å².